The quantitative estimate of drug-likeness (QED) is 0.790. The molecule has 0 saturated carbocycles. The fourth-order valence-electron chi connectivity index (χ4n) is 0.885. The Labute approximate surface area is 79.7 Å². The topological polar surface area (TPSA) is 50.7 Å². The summed E-state index contributed by atoms with van der Waals surface area (Å²) in [7, 11) is 0. The van der Waals surface area contributed by atoms with Crippen molar-refractivity contribution in [3.8, 4) is 0 Å². The first-order chi connectivity index (χ1) is 6.34. The van der Waals surface area contributed by atoms with Crippen LogP contribution in [0.1, 0.15) is 5.69 Å². The summed E-state index contributed by atoms with van der Waals surface area (Å²) in [5.74, 6) is 0.719. The second-order valence-electron chi connectivity index (χ2n) is 2.51. The molecule has 0 radical (unpaired) electrons. The lowest BCUT2D eigenvalue weighted by Gasteiger charge is -1.98. The molecule has 0 saturated heterocycles. The van der Waals surface area contributed by atoms with E-state index in [1.54, 1.807) is 29.9 Å². The van der Waals surface area contributed by atoms with Crippen molar-refractivity contribution in [1.29, 1.82) is 0 Å². The number of thiazole rings is 1. The van der Waals surface area contributed by atoms with E-state index in [9.17, 15) is 0 Å². The predicted octanol–water partition coefficient (Wildman–Crippen LogP) is 1.99. The highest BCUT2D eigenvalue weighted by Crippen LogP contribution is 2.17. The molecule has 0 atom stereocenters. The van der Waals surface area contributed by atoms with Gasteiger partial charge in [-0.25, -0.2) is 9.97 Å². The largest absolute Gasteiger partial charge is 0.315 e. The van der Waals surface area contributed by atoms with Gasteiger partial charge in [-0.2, -0.15) is 0 Å². The minimum atomic E-state index is 0.719. The second kappa shape index (κ2) is 3.49. The van der Waals surface area contributed by atoms with Crippen LogP contribution in [-0.2, 0) is 0 Å². The summed E-state index contributed by atoms with van der Waals surface area (Å²) in [4.78, 5) is 12.3. The van der Waals surface area contributed by atoms with E-state index in [4.69, 9.17) is 0 Å². The van der Waals surface area contributed by atoms with Crippen molar-refractivity contribution < 1.29 is 0 Å². The van der Waals surface area contributed by atoms with E-state index in [2.05, 4.69) is 20.3 Å². The lowest BCUT2D eigenvalue weighted by molar-refractivity contribution is 1.18. The summed E-state index contributed by atoms with van der Waals surface area (Å²) in [5.41, 5.74) is 1.01. The highest BCUT2D eigenvalue weighted by Gasteiger charge is 1.98. The van der Waals surface area contributed by atoms with Crippen molar-refractivity contribution >= 4 is 22.3 Å². The summed E-state index contributed by atoms with van der Waals surface area (Å²) in [5, 5.41) is 5.89. The molecule has 0 aliphatic rings. The van der Waals surface area contributed by atoms with Crippen LogP contribution in [0.15, 0.2) is 24.0 Å². The van der Waals surface area contributed by atoms with E-state index in [0.29, 0.717) is 0 Å². The van der Waals surface area contributed by atoms with Crippen LogP contribution in [0.5, 0.6) is 0 Å². The predicted molar refractivity (Wildman–Crippen MR) is 52.2 cm³/mol. The van der Waals surface area contributed by atoms with Crippen LogP contribution in [0.4, 0.5) is 10.9 Å². The Hall–Kier alpha value is -1.49. The van der Waals surface area contributed by atoms with Gasteiger partial charge >= 0.3 is 0 Å². The van der Waals surface area contributed by atoms with Crippen LogP contribution >= 0.6 is 11.3 Å². The zero-order valence-electron chi connectivity index (χ0n) is 7.06. The molecule has 2 heterocycles. The third-order valence-electron chi connectivity index (χ3n) is 1.42. The van der Waals surface area contributed by atoms with Crippen LogP contribution in [-0.4, -0.2) is 15.0 Å². The molecule has 2 aromatic rings. The number of aryl methyl sites for hydroxylation is 1. The van der Waals surface area contributed by atoms with Crippen LogP contribution in [0, 0.1) is 6.92 Å². The second-order valence-corrected chi connectivity index (χ2v) is 3.37. The summed E-state index contributed by atoms with van der Waals surface area (Å²) in [6.45, 7) is 1.96. The normalized spacial score (nSPS) is 9.92. The smallest absolute Gasteiger partial charge is 0.188 e. The Morgan fingerprint density at radius 2 is 2.31 bits per heavy atom. The van der Waals surface area contributed by atoms with E-state index < -0.39 is 0 Å². The van der Waals surface area contributed by atoms with Crippen LogP contribution in [0.25, 0.3) is 0 Å². The Morgan fingerprint density at radius 3 is 2.92 bits per heavy atom. The van der Waals surface area contributed by atoms with E-state index in [1.165, 1.54) is 0 Å². The van der Waals surface area contributed by atoms with Gasteiger partial charge in [0.05, 0.1) is 11.9 Å². The molecule has 4 nitrogen and oxygen atoms in total. The summed E-state index contributed by atoms with van der Waals surface area (Å²) in [6, 6.07) is 0. The molecule has 0 unspecified atom stereocenters. The molecule has 0 aromatic carbocycles. The number of hydrogen-bond donors (Lipinski definition) is 1. The maximum atomic E-state index is 4.25. The first-order valence-corrected chi connectivity index (χ1v) is 4.68. The van der Waals surface area contributed by atoms with Gasteiger partial charge in [-0.3, -0.25) is 4.98 Å². The molecule has 66 valence electrons. The third kappa shape index (κ3) is 2.00. The van der Waals surface area contributed by atoms with Gasteiger partial charge in [-0.1, -0.05) is 0 Å². The SMILES string of the molecule is Cc1csc(Nc2cnccn2)n1. The molecule has 2 rings (SSSR count). The summed E-state index contributed by atoms with van der Waals surface area (Å²) in [6.07, 6.45) is 4.94. The maximum absolute atomic E-state index is 4.25. The highest BCUT2D eigenvalue weighted by atomic mass is 32.1. The van der Waals surface area contributed by atoms with Gasteiger partial charge in [0.2, 0.25) is 0 Å². The van der Waals surface area contributed by atoms with E-state index in [0.717, 1.165) is 16.6 Å². The fraction of sp³-hybridized carbons (Fsp3) is 0.125. The molecule has 0 aliphatic heterocycles. The number of nitrogens with one attached hydrogen (secondary N) is 1. The monoisotopic (exact) mass is 192 g/mol. The van der Waals surface area contributed by atoms with E-state index >= 15 is 0 Å². The van der Waals surface area contributed by atoms with Crippen LogP contribution in [0.2, 0.25) is 0 Å². The number of anilines is 2. The summed E-state index contributed by atoms with van der Waals surface area (Å²) < 4.78 is 0. The average molecular weight is 192 g/mol. The Balaban J connectivity index is 2.15. The van der Waals surface area contributed by atoms with Crippen molar-refractivity contribution in [2.24, 2.45) is 0 Å². The minimum absolute atomic E-state index is 0.719. The lowest BCUT2D eigenvalue weighted by atomic mass is 10.6. The fourth-order valence-corrected chi connectivity index (χ4v) is 1.58. The van der Waals surface area contributed by atoms with Gasteiger partial charge in [-0.05, 0) is 6.92 Å². The van der Waals surface area contributed by atoms with Crippen molar-refractivity contribution in [3.05, 3.63) is 29.7 Å². The van der Waals surface area contributed by atoms with Crippen LogP contribution < -0.4 is 5.32 Å². The molecule has 0 aliphatic carbocycles. The molecule has 0 amide bonds. The van der Waals surface area contributed by atoms with Gasteiger partial charge in [-0.15, -0.1) is 11.3 Å². The van der Waals surface area contributed by atoms with E-state index in [-0.39, 0.29) is 0 Å². The molecular formula is C8H8N4S. The molecule has 0 bridgehead atoms. The van der Waals surface area contributed by atoms with Crippen molar-refractivity contribution in [3.63, 3.8) is 0 Å². The van der Waals surface area contributed by atoms with Crippen molar-refractivity contribution in [1.82, 2.24) is 15.0 Å². The van der Waals surface area contributed by atoms with Gasteiger partial charge in [0, 0.05) is 17.8 Å². The molecular weight excluding hydrogens is 184 g/mol. The molecule has 13 heavy (non-hydrogen) atoms. The highest BCUT2D eigenvalue weighted by molar-refractivity contribution is 7.13. The van der Waals surface area contributed by atoms with Crippen LogP contribution in [0.3, 0.4) is 0 Å². The Bertz CT molecular complexity index is 384. The zero-order valence-corrected chi connectivity index (χ0v) is 7.88. The summed E-state index contributed by atoms with van der Waals surface area (Å²) >= 11 is 1.55. The Kier molecular flexibility index (Phi) is 2.18. The van der Waals surface area contributed by atoms with Gasteiger partial charge in [0.25, 0.3) is 0 Å². The number of rotatable bonds is 2. The lowest BCUT2D eigenvalue weighted by Crippen LogP contribution is -1.92. The standard InChI is InChI=1S/C8H8N4S/c1-6-5-13-8(11-6)12-7-4-9-2-3-10-7/h2-5H,1H3,(H,10,11,12). The number of hydrogen-bond acceptors (Lipinski definition) is 5. The van der Waals surface area contributed by atoms with Crippen molar-refractivity contribution in [2.75, 3.05) is 5.32 Å². The van der Waals surface area contributed by atoms with Gasteiger partial charge in [0.15, 0.2) is 10.9 Å². The zero-order chi connectivity index (χ0) is 9.10. The number of aromatic nitrogens is 3. The van der Waals surface area contributed by atoms with Gasteiger partial charge in [0.1, 0.15) is 0 Å². The van der Waals surface area contributed by atoms with E-state index in [1.807, 2.05) is 12.3 Å². The molecule has 0 fully saturated rings. The van der Waals surface area contributed by atoms with Crippen molar-refractivity contribution in [2.45, 2.75) is 6.92 Å². The Morgan fingerprint density at radius 1 is 1.38 bits per heavy atom. The third-order valence-corrected chi connectivity index (χ3v) is 2.29. The maximum Gasteiger partial charge on any atom is 0.188 e. The molecule has 5 heteroatoms. The minimum Gasteiger partial charge on any atom is -0.315 e. The first-order valence-electron chi connectivity index (χ1n) is 3.80. The average Bonchev–Trinajstić information content (AvgIpc) is 2.53. The van der Waals surface area contributed by atoms with Gasteiger partial charge < -0.3 is 5.32 Å². The first kappa shape index (κ1) is 8.12. The number of nitrogens with zero attached hydrogens (tertiary/aromatic N) is 3. The molecule has 0 spiro atoms. The molecule has 2 aromatic heterocycles. The molecule has 1 N–H and O–H groups in total.